The Morgan fingerprint density at radius 2 is 1.84 bits per heavy atom. The number of nitrogens with zero attached hydrogens (tertiary/aromatic N) is 1. The van der Waals surface area contributed by atoms with E-state index >= 15 is 0 Å². The molecule has 2 nitrogen and oxygen atoms in total. The normalized spacial score (nSPS) is 11.4. The number of rotatable bonds is 3. The predicted octanol–water partition coefficient (Wildman–Crippen LogP) is 4.33. The molecule has 19 heavy (non-hydrogen) atoms. The summed E-state index contributed by atoms with van der Waals surface area (Å²) < 4.78 is 42.8. The molecule has 0 saturated heterocycles. The van der Waals surface area contributed by atoms with Crippen molar-refractivity contribution in [2.75, 3.05) is 0 Å². The molecule has 0 spiro atoms. The summed E-state index contributed by atoms with van der Waals surface area (Å²) in [7, 11) is 0. The van der Waals surface area contributed by atoms with Crippen molar-refractivity contribution in [1.29, 1.82) is 0 Å². The van der Waals surface area contributed by atoms with E-state index in [1.807, 2.05) is 0 Å². The number of hydrogen-bond donors (Lipinski definition) is 0. The van der Waals surface area contributed by atoms with E-state index in [0.29, 0.717) is 10.8 Å². The van der Waals surface area contributed by atoms with Gasteiger partial charge in [-0.15, -0.1) is 0 Å². The first-order valence-electron chi connectivity index (χ1n) is 5.36. The molecule has 0 saturated carbocycles. The third-order valence-corrected chi connectivity index (χ3v) is 2.53. The molecule has 2 rings (SSSR count). The number of alkyl halides is 3. The molecule has 0 fully saturated rings. The lowest BCUT2D eigenvalue weighted by Gasteiger charge is -2.10. The van der Waals surface area contributed by atoms with Gasteiger partial charge in [-0.05, 0) is 30.3 Å². The molecular formula is C13H9ClF3NO. The Bertz CT molecular complexity index is 572. The summed E-state index contributed by atoms with van der Waals surface area (Å²) in [4.78, 5) is 3.98. The highest BCUT2D eigenvalue weighted by molar-refractivity contribution is 6.29. The van der Waals surface area contributed by atoms with Gasteiger partial charge in [0.05, 0.1) is 11.3 Å². The number of pyridine rings is 1. The maximum Gasteiger partial charge on any atom is 0.416 e. The van der Waals surface area contributed by atoms with E-state index in [1.165, 1.54) is 12.1 Å². The molecule has 0 aliphatic heterocycles. The lowest BCUT2D eigenvalue weighted by Crippen LogP contribution is -2.05. The third kappa shape index (κ3) is 3.86. The van der Waals surface area contributed by atoms with Gasteiger partial charge in [0.25, 0.3) is 0 Å². The molecule has 1 aromatic carbocycles. The summed E-state index contributed by atoms with van der Waals surface area (Å²) in [6, 6.07) is 9.67. The quantitative estimate of drug-likeness (QED) is 0.784. The molecule has 2 aromatic rings. The summed E-state index contributed by atoms with van der Waals surface area (Å²) in [5.41, 5.74) is -0.200. The van der Waals surface area contributed by atoms with Crippen LogP contribution in [0, 0.1) is 0 Å². The van der Waals surface area contributed by atoms with Gasteiger partial charge in [0.15, 0.2) is 0 Å². The molecule has 0 amide bonds. The highest BCUT2D eigenvalue weighted by atomic mass is 35.5. The van der Waals surface area contributed by atoms with Crippen LogP contribution < -0.4 is 4.74 Å². The fourth-order valence-electron chi connectivity index (χ4n) is 1.45. The van der Waals surface area contributed by atoms with Crippen LogP contribution in [-0.4, -0.2) is 4.98 Å². The van der Waals surface area contributed by atoms with Gasteiger partial charge in [-0.3, -0.25) is 0 Å². The predicted molar refractivity (Wildman–Crippen MR) is 65.0 cm³/mol. The molecular weight excluding hydrogens is 279 g/mol. The average Bonchev–Trinajstić information content (AvgIpc) is 2.36. The van der Waals surface area contributed by atoms with Crippen molar-refractivity contribution >= 4 is 11.6 Å². The van der Waals surface area contributed by atoms with Gasteiger partial charge >= 0.3 is 6.18 Å². The Morgan fingerprint density at radius 1 is 1.11 bits per heavy atom. The summed E-state index contributed by atoms with van der Waals surface area (Å²) in [5.74, 6) is 0.136. The van der Waals surface area contributed by atoms with E-state index in [9.17, 15) is 13.2 Å². The van der Waals surface area contributed by atoms with E-state index < -0.39 is 11.7 Å². The fourth-order valence-corrected chi connectivity index (χ4v) is 1.63. The minimum absolute atomic E-state index is 0.0574. The zero-order valence-corrected chi connectivity index (χ0v) is 10.4. The van der Waals surface area contributed by atoms with Crippen LogP contribution in [0.4, 0.5) is 13.2 Å². The third-order valence-electron chi connectivity index (χ3n) is 2.32. The summed E-state index contributed by atoms with van der Waals surface area (Å²) in [6.45, 7) is 0.0574. The Balaban J connectivity index is 2.08. The van der Waals surface area contributed by atoms with Gasteiger partial charge in [-0.2, -0.15) is 13.2 Å². The van der Waals surface area contributed by atoms with Crippen LogP contribution in [-0.2, 0) is 12.8 Å². The summed E-state index contributed by atoms with van der Waals surface area (Å²) in [6.07, 6.45) is -4.38. The van der Waals surface area contributed by atoms with E-state index in [0.717, 1.165) is 12.1 Å². The topological polar surface area (TPSA) is 22.1 Å². The number of halogens is 4. The standard InChI is InChI=1S/C13H9ClF3NO/c14-12-6-2-4-10(18-12)8-19-11-5-1-3-9(7-11)13(15,16)17/h1-7H,8H2. The van der Waals surface area contributed by atoms with Crippen LogP contribution in [0.25, 0.3) is 0 Å². The molecule has 1 aromatic heterocycles. The van der Waals surface area contributed by atoms with E-state index in [4.69, 9.17) is 16.3 Å². The van der Waals surface area contributed by atoms with Gasteiger partial charge in [0.2, 0.25) is 0 Å². The van der Waals surface area contributed by atoms with E-state index in [2.05, 4.69) is 4.98 Å². The maximum atomic E-state index is 12.5. The molecule has 6 heteroatoms. The zero-order valence-electron chi connectivity index (χ0n) is 9.62. The second-order valence-electron chi connectivity index (χ2n) is 3.77. The average molecular weight is 288 g/mol. The number of ether oxygens (including phenoxy) is 1. The largest absolute Gasteiger partial charge is 0.487 e. The minimum atomic E-state index is -4.38. The van der Waals surface area contributed by atoms with Crippen molar-refractivity contribution < 1.29 is 17.9 Å². The molecule has 0 atom stereocenters. The van der Waals surface area contributed by atoms with Crippen LogP contribution in [0.2, 0.25) is 5.15 Å². The molecule has 0 bridgehead atoms. The smallest absolute Gasteiger partial charge is 0.416 e. The van der Waals surface area contributed by atoms with Crippen molar-refractivity contribution in [2.45, 2.75) is 12.8 Å². The number of aromatic nitrogens is 1. The first-order chi connectivity index (χ1) is 8.95. The van der Waals surface area contributed by atoms with Crippen molar-refractivity contribution in [3.05, 3.63) is 58.9 Å². The van der Waals surface area contributed by atoms with Crippen LogP contribution >= 0.6 is 11.6 Å². The molecule has 1 heterocycles. The van der Waals surface area contributed by atoms with Crippen molar-refractivity contribution in [2.24, 2.45) is 0 Å². The monoisotopic (exact) mass is 287 g/mol. The lowest BCUT2D eigenvalue weighted by molar-refractivity contribution is -0.137. The lowest BCUT2D eigenvalue weighted by atomic mass is 10.2. The maximum absolute atomic E-state index is 12.5. The molecule has 0 radical (unpaired) electrons. The molecule has 0 unspecified atom stereocenters. The second-order valence-corrected chi connectivity index (χ2v) is 4.15. The number of benzene rings is 1. The van der Waals surface area contributed by atoms with Crippen molar-refractivity contribution in [3.8, 4) is 5.75 Å². The molecule has 0 aliphatic carbocycles. The Hall–Kier alpha value is -1.75. The molecule has 0 N–H and O–H groups in total. The van der Waals surface area contributed by atoms with Crippen LogP contribution in [0.5, 0.6) is 5.75 Å². The zero-order chi connectivity index (χ0) is 13.9. The Labute approximate surface area is 112 Å². The SMILES string of the molecule is FC(F)(F)c1cccc(OCc2cccc(Cl)n2)c1. The Morgan fingerprint density at radius 3 is 2.53 bits per heavy atom. The highest BCUT2D eigenvalue weighted by Crippen LogP contribution is 2.31. The summed E-state index contributed by atoms with van der Waals surface area (Å²) >= 11 is 5.70. The second kappa shape index (κ2) is 5.48. The van der Waals surface area contributed by atoms with Gasteiger partial charge in [0.1, 0.15) is 17.5 Å². The minimum Gasteiger partial charge on any atom is -0.487 e. The van der Waals surface area contributed by atoms with Crippen LogP contribution in [0.15, 0.2) is 42.5 Å². The van der Waals surface area contributed by atoms with Crippen molar-refractivity contribution in [3.63, 3.8) is 0 Å². The fraction of sp³-hybridized carbons (Fsp3) is 0.154. The van der Waals surface area contributed by atoms with Gasteiger partial charge < -0.3 is 4.74 Å². The van der Waals surface area contributed by atoms with Gasteiger partial charge in [-0.1, -0.05) is 23.7 Å². The first kappa shape index (κ1) is 13.7. The molecule has 100 valence electrons. The first-order valence-corrected chi connectivity index (χ1v) is 5.74. The van der Waals surface area contributed by atoms with Gasteiger partial charge in [-0.25, -0.2) is 4.98 Å². The number of hydrogen-bond acceptors (Lipinski definition) is 2. The molecule has 0 aliphatic rings. The Kier molecular flexibility index (Phi) is 3.95. The highest BCUT2D eigenvalue weighted by Gasteiger charge is 2.30. The van der Waals surface area contributed by atoms with Crippen LogP contribution in [0.1, 0.15) is 11.3 Å². The van der Waals surface area contributed by atoms with Crippen LogP contribution in [0.3, 0.4) is 0 Å². The summed E-state index contributed by atoms with van der Waals surface area (Å²) in [5, 5.41) is 0.310. The van der Waals surface area contributed by atoms with Crippen molar-refractivity contribution in [1.82, 2.24) is 4.98 Å². The van der Waals surface area contributed by atoms with Gasteiger partial charge in [0, 0.05) is 0 Å². The van der Waals surface area contributed by atoms with E-state index in [1.54, 1.807) is 18.2 Å². The van der Waals surface area contributed by atoms with E-state index in [-0.39, 0.29) is 12.4 Å².